The van der Waals surface area contributed by atoms with E-state index in [4.69, 9.17) is 0 Å². The first-order chi connectivity index (χ1) is 6.66. The predicted octanol–water partition coefficient (Wildman–Crippen LogP) is 3.07. The normalized spacial score (nSPS) is 36.7. The van der Waals surface area contributed by atoms with Gasteiger partial charge < -0.3 is 0 Å². The minimum Gasteiger partial charge on any atom is -0.296 e. The van der Waals surface area contributed by atoms with Gasteiger partial charge in [0.1, 0.15) is 0 Å². The maximum atomic E-state index is 2.70. The van der Waals surface area contributed by atoms with Crippen molar-refractivity contribution in [3.63, 3.8) is 0 Å². The molecule has 0 aromatic rings. The third kappa shape index (κ3) is 2.03. The lowest BCUT2D eigenvalue weighted by atomic mass is 9.87. The lowest BCUT2D eigenvalue weighted by Crippen LogP contribution is -2.40. The van der Waals surface area contributed by atoms with Crippen molar-refractivity contribution in [2.24, 2.45) is 11.8 Å². The van der Waals surface area contributed by atoms with E-state index in [1.54, 1.807) is 5.57 Å². The molecule has 0 N–H and O–H groups in total. The number of hydrogen-bond donors (Lipinski definition) is 0. The molecule has 0 amide bonds. The fraction of sp³-hybridized carbons (Fsp3) is 0.846. The molecule has 0 saturated carbocycles. The molecule has 80 valence electrons. The van der Waals surface area contributed by atoms with Crippen LogP contribution < -0.4 is 0 Å². The smallest absolute Gasteiger partial charge is 0.0196 e. The lowest BCUT2D eigenvalue weighted by molar-refractivity contribution is 0.178. The van der Waals surface area contributed by atoms with Gasteiger partial charge >= 0.3 is 0 Å². The average Bonchev–Trinajstić information content (AvgIpc) is 2.50. The van der Waals surface area contributed by atoms with E-state index < -0.39 is 0 Å². The zero-order chi connectivity index (χ0) is 10.1. The quantitative estimate of drug-likeness (QED) is 0.578. The fourth-order valence-corrected chi connectivity index (χ4v) is 3.16. The molecule has 1 heteroatoms. The SMILES string of the molecule is CC(C)/C=C1/C[C@@H](C)[C@@H]2CCCN2C1. The lowest BCUT2D eigenvalue weighted by Gasteiger charge is -2.36. The van der Waals surface area contributed by atoms with Gasteiger partial charge in [-0.25, -0.2) is 0 Å². The third-order valence-electron chi connectivity index (χ3n) is 3.63. The van der Waals surface area contributed by atoms with E-state index in [9.17, 15) is 0 Å². The highest BCUT2D eigenvalue weighted by atomic mass is 15.2. The van der Waals surface area contributed by atoms with E-state index in [1.165, 1.54) is 32.4 Å². The summed E-state index contributed by atoms with van der Waals surface area (Å²) < 4.78 is 0. The summed E-state index contributed by atoms with van der Waals surface area (Å²) in [7, 11) is 0. The molecule has 0 bridgehead atoms. The van der Waals surface area contributed by atoms with Gasteiger partial charge in [-0.2, -0.15) is 0 Å². The second-order valence-electron chi connectivity index (χ2n) is 5.43. The van der Waals surface area contributed by atoms with Gasteiger partial charge in [-0.3, -0.25) is 4.90 Å². The van der Waals surface area contributed by atoms with Crippen LogP contribution in [-0.2, 0) is 0 Å². The highest BCUT2D eigenvalue weighted by molar-refractivity contribution is 5.12. The second kappa shape index (κ2) is 4.06. The van der Waals surface area contributed by atoms with Crippen LogP contribution in [0.3, 0.4) is 0 Å². The first kappa shape index (κ1) is 10.2. The van der Waals surface area contributed by atoms with Gasteiger partial charge in [-0.1, -0.05) is 32.4 Å². The van der Waals surface area contributed by atoms with E-state index in [0.29, 0.717) is 0 Å². The molecule has 0 unspecified atom stereocenters. The number of hydrogen-bond acceptors (Lipinski definition) is 1. The molecule has 0 aromatic heterocycles. The van der Waals surface area contributed by atoms with Crippen LogP contribution >= 0.6 is 0 Å². The molecular weight excluding hydrogens is 170 g/mol. The Balaban J connectivity index is 2.05. The number of allylic oxidation sites excluding steroid dienone is 1. The largest absolute Gasteiger partial charge is 0.296 e. The minimum atomic E-state index is 0.719. The van der Waals surface area contributed by atoms with Crippen molar-refractivity contribution in [1.29, 1.82) is 0 Å². The summed E-state index contributed by atoms with van der Waals surface area (Å²) in [4.78, 5) is 2.70. The van der Waals surface area contributed by atoms with Gasteiger partial charge in [0.15, 0.2) is 0 Å². The van der Waals surface area contributed by atoms with Gasteiger partial charge in [0.2, 0.25) is 0 Å². The van der Waals surface area contributed by atoms with Crippen LogP contribution in [0.2, 0.25) is 0 Å². The third-order valence-corrected chi connectivity index (χ3v) is 3.63. The van der Waals surface area contributed by atoms with E-state index in [2.05, 4.69) is 31.7 Å². The molecule has 2 aliphatic heterocycles. The van der Waals surface area contributed by atoms with Crippen LogP contribution in [0.5, 0.6) is 0 Å². The van der Waals surface area contributed by atoms with Crippen LogP contribution in [0.4, 0.5) is 0 Å². The molecule has 0 spiro atoms. The highest BCUT2D eigenvalue weighted by Gasteiger charge is 2.33. The molecule has 14 heavy (non-hydrogen) atoms. The maximum absolute atomic E-state index is 2.70. The van der Waals surface area contributed by atoms with Gasteiger partial charge in [-0.05, 0) is 37.6 Å². The molecule has 2 heterocycles. The summed E-state index contributed by atoms with van der Waals surface area (Å²) in [5, 5.41) is 0. The van der Waals surface area contributed by atoms with Crippen LogP contribution in [0, 0.1) is 11.8 Å². The Kier molecular flexibility index (Phi) is 2.96. The van der Waals surface area contributed by atoms with Gasteiger partial charge in [0.05, 0.1) is 0 Å². The summed E-state index contributed by atoms with van der Waals surface area (Å²) in [6.45, 7) is 9.59. The van der Waals surface area contributed by atoms with Crippen molar-refractivity contribution in [3.05, 3.63) is 11.6 Å². The molecule has 0 aliphatic carbocycles. The Morgan fingerprint density at radius 2 is 2.21 bits per heavy atom. The van der Waals surface area contributed by atoms with E-state index in [-0.39, 0.29) is 0 Å². The number of nitrogens with zero attached hydrogens (tertiary/aromatic N) is 1. The van der Waals surface area contributed by atoms with Crippen LogP contribution in [0.25, 0.3) is 0 Å². The molecule has 2 atom stereocenters. The minimum absolute atomic E-state index is 0.719. The summed E-state index contributed by atoms with van der Waals surface area (Å²) in [6, 6.07) is 0.902. The Labute approximate surface area is 88.2 Å². The highest BCUT2D eigenvalue weighted by Crippen LogP contribution is 2.33. The fourth-order valence-electron chi connectivity index (χ4n) is 3.16. The summed E-state index contributed by atoms with van der Waals surface area (Å²) >= 11 is 0. The molecule has 2 fully saturated rings. The van der Waals surface area contributed by atoms with E-state index in [1.807, 2.05) is 0 Å². The van der Waals surface area contributed by atoms with Crippen molar-refractivity contribution >= 4 is 0 Å². The maximum Gasteiger partial charge on any atom is 0.0196 e. The molecule has 2 aliphatic rings. The Hall–Kier alpha value is -0.300. The molecule has 1 nitrogen and oxygen atoms in total. The topological polar surface area (TPSA) is 3.24 Å². The van der Waals surface area contributed by atoms with E-state index >= 15 is 0 Å². The van der Waals surface area contributed by atoms with Crippen molar-refractivity contribution < 1.29 is 0 Å². The summed E-state index contributed by atoms with van der Waals surface area (Å²) in [6.07, 6.45) is 6.68. The molecule has 2 rings (SSSR count). The zero-order valence-electron chi connectivity index (χ0n) is 9.79. The standard InChI is InChI=1S/C13H23N/c1-10(2)7-12-8-11(3)13-5-4-6-14(13)9-12/h7,10-11,13H,4-6,8-9H2,1-3H3/b12-7-/t11-,13+/m1/s1. The summed E-state index contributed by atoms with van der Waals surface area (Å²) in [5.74, 6) is 1.60. The number of fused-ring (bicyclic) bond motifs is 1. The molecular formula is C13H23N. The van der Waals surface area contributed by atoms with Gasteiger partial charge in [0, 0.05) is 12.6 Å². The van der Waals surface area contributed by atoms with Gasteiger partial charge in [-0.15, -0.1) is 0 Å². The van der Waals surface area contributed by atoms with Crippen LogP contribution in [0.15, 0.2) is 11.6 Å². The Morgan fingerprint density at radius 1 is 1.43 bits per heavy atom. The number of piperidine rings is 1. The predicted molar refractivity (Wildman–Crippen MR) is 61.3 cm³/mol. The van der Waals surface area contributed by atoms with Crippen LogP contribution in [-0.4, -0.2) is 24.0 Å². The van der Waals surface area contributed by atoms with Crippen molar-refractivity contribution in [2.75, 3.05) is 13.1 Å². The molecule has 0 aromatic carbocycles. The van der Waals surface area contributed by atoms with Crippen molar-refractivity contribution in [3.8, 4) is 0 Å². The van der Waals surface area contributed by atoms with E-state index in [0.717, 1.165) is 17.9 Å². The molecule has 0 radical (unpaired) electrons. The first-order valence-electron chi connectivity index (χ1n) is 6.10. The van der Waals surface area contributed by atoms with Crippen molar-refractivity contribution in [1.82, 2.24) is 4.90 Å². The first-order valence-corrected chi connectivity index (χ1v) is 6.10. The van der Waals surface area contributed by atoms with Crippen molar-refractivity contribution in [2.45, 2.75) is 46.1 Å². The monoisotopic (exact) mass is 193 g/mol. The van der Waals surface area contributed by atoms with Gasteiger partial charge in [0.25, 0.3) is 0 Å². The summed E-state index contributed by atoms with van der Waals surface area (Å²) in [5.41, 5.74) is 1.69. The Morgan fingerprint density at radius 3 is 2.93 bits per heavy atom. The molecule has 2 saturated heterocycles. The zero-order valence-corrected chi connectivity index (χ0v) is 9.79. The number of rotatable bonds is 1. The second-order valence-corrected chi connectivity index (χ2v) is 5.43. The van der Waals surface area contributed by atoms with Crippen LogP contribution in [0.1, 0.15) is 40.0 Å². The Bertz CT molecular complexity index is 229. The average molecular weight is 193 g/mol.